The largest absolute Gasteiger partial charge is 0.493 e. The van der Waals surface area contributed by atoms with Gasteiger partial charge in [-0.15, -0.1) is 0 Å². The van der Waals surface area contributed by atoms with E-state index in [1.165, 1.54) is 6.33 Å². The molecule has 0 spiro atoms. The molecule has 0 aliphatic carbocycles. The van der Waals surface area contributed by atoms with Crippen molar-refractivity contribution < 1.29 is 23.7 Å². The predicted molar refractivity (Wildman–Crippen MR) is 114 cm³/mol. The first-order chi connectivity index (χ1) is 14.6. The molecule has 0 atom stereocenters. The molecule has 1 heterocycles. The van der Waals surface area contributed by atoms with Gasteiger partial charge in [-0.1, -0.05) is 13.8 Å². The number of amides is 1. The molecule has 30 heavy (non-hydrogen) atoms. The van der Waals surface area contributed by atoms with E-state index in [1.54, 1.807) is 50.6 Å². The summed E-state index contributed by atoms with van der Waals surface area (Å²) in [6.45, 7) is 3.96. The molecule has 1 aromatic heterocycles. The number of hydrogen-bond acceptors (Lipinski definition) is 7. The molecule has 0 saturated heterocycles. The Balaban J connectivity index is 1.75. The van der Waals surface area contributed by atoms with Gasteiger partial charge in [0.1, 0.15) is 18.2 Å². The molecule has 1 N–H and O–H groups in total. The lowest BCUT2D eigenvalue weighted by Gasteiger charge is -2.15. The zero-order valence-electron chi connectivity index (χ0n) is 17.5. The standard InChI is InChI=1S/C22H25N3O5/c1-5-15(6-2)30-22(26)25-14-7-9-16(10-8-14)29-21-17-11-19(27-3)20(28-4)12-18(17)23-13-24-21/h7-13,15H,5-6H2,1-4H3,(H,25,26). The summed E-state index contributed by atoms with van der Waals surface area (Å²) in [5.41, 5.74) is 1.28. The van der Waals surface area contributed by atoms with Crippen LogP contribution < -0.4 is 19.5 Å². The van der Waals surface area contributed by atoms with E-state index in [2.05, 4.69) is 15.3 Å². The van der Waals surface area contributed by atoms with Crippen LogP contribution in [0.3, 0.4) is 0 Å². The molecule has 0 unspecified atom stereocenters. The monoisotopic (exact) mass is 411 g/mol. The zero-order valence-corrected chi connectivity index (χ0v) is 17.5. The second-order valence-corrected chi connectivity index (χ2v) is 6.50. The van der Waals surface area contributed by atoms with E-state index >= 15 is 0 Å². The molecular weight excluding hydrogens is 386 g/mol. The molecule has 0 radical (unpaired) electrons. The number of rotatable bonds is 8. The van der Waals surface area contributed by atoms with Gasteiger partial charge >= 0.3 is 6.09 Å². The maximum Gasteiger partial charge on any atom is 0.411 e. The SMILES string of the molecule is CCC(CC)OC(=O)Nc1ccc(Oc2ncnc3cc(OC)c(OC)cc23)cc1. The van der Waals surface area contributed by atoms with Crippen LogP contribution in [-0.2, 0) is 4.74 Å². The highest BCUT2D eigenvalue weighted by atomic mass is 16.6. The van der Waals surface area contributed by atoms with Gasteiger partial charge in [0.2, 0.25) is 5.88 Å². The molecular formula is C22H25N3O5. The van der Waals surface area contributed by atoms with E-state index in [1.807, 2.05) is 13.8 Å². The van der Waals surface area contributed by atoms with Crippen LogP contribution in [0.15, 0.2) is 42.7 Å². The van der Waals surface area contributed by atoms with Crippen LogP contribution in [0.25, 0.3) is 10.9 Å². The summed E-state index contributed by atoms with van der Waals surface area (Å²) < 4.78 is 22.0. The van der Waals surface area contributed by atoms with Crippen LogP contribution in [-0.4, -0.2) is 36.4 Å². The number of ether oxygens (including phenoxy) is 4. The van der Waals surface area contributed by atoms with Crippen molar-refractivity contribution >= 4 is 22.7 Å². The smallest absolute Gasteiger partial charge is 0.411 e. The Morgan fingerprint density at radius 2 is 1.67 bits per heavy atom. The first-order valence-electron chi connectivity index (χ1n) is 9.70. The number of nitrogens with zero attached hydrogens (tertiary/aromatic N) is 2. The number of methoxy groups -OCH3 is 2. The Kier molecular flexibility index (Phi) is 6.90. The van der Waals surface area contributed by atoms with Crippen molar-refractivity contribution in [3.63, 3.8) is 0 Å². The number of fused-ring (bicyclic) bond motifs is 1. The molecule has 3 rings (SSSR count). The van der Waals surface area contributed by atoms with Gasteiger partial charge in [0.15, 0.2) is 11.5 Å². The van der Waals surface area contributed by atoms with Crippen LogP contribution in [0.5, 0.6) is 23.1 Å². The third-order valence-corrected chi connectivity index (χ3v) is 4.60. The lowest BCUT2D eigenvalue weighted by atomic mass is 10.2. The summed E-state index contributed by atoms with van der Waals surface area (Å²) in [4.78, 5) is 20.5. The minimum absolute atomic E-state index is 0.0886. The lowest BCUT2D eigenvalue weighted by molar-refractivity contribution is 0.106. The number of carbonyl (C=O) groups is 1. The number of carbonyl (C=O) groups excluding carboxylic acids is 1. The fourth-order valence-electron chi connectivity index (χ4n) is 2.91. The van der Waals surface area contributed by atoms with E-state index in [-0.39, 0.29) is 6.10 Å². The molecule has 3 aromatic rings. The Hall–Kier alpha value is -3.55. The van der Waals surface area contributed by atoms with Crippen LogP contribution in [0.4, 0.5) is 10.5 Å². The average Bonchev–Trinajstić information content (AvgIpc) is 2.78. The zero-order chi connectivity index (χ0) is 21.5. The number of benzene rings is 2. The third-order valence-electron chi connectivity index (χ3n) is 4.60. The van der Waals surface area contributed by atoms with Crippen molar-refractivity contribution in [2.24, 2.45) is 0 Å². The van der Waals surface area contributed by atoms with Crippen LogP contribution in [0.2, 0.25) is 0 Å². The van der Waals surface area contributed by atoms with Gasteiger partial charge in [-0.2, -0.15) is 0 Å². The topological polar surface area (TPSA) is 91.8 Å². The molecule has 1 amide bonds. The first-order valence-corrected chi connectivity index (χ1v) is 9.70. The maximum absolute atomic E-state index is 12.0. The van der Waals surface area contributed by atoms with E-state index < -0.39 is 6.09 Å². The Bertz CT molecular complexity index is 1000. The molecule has 0 bridgehead atoms. The minimum Gasteiger partial charge on any atom is -0.493 e. The van der Waals surface area contributed by atoms with Crippen LogP contribution in [0, 0.1) is 0 Å². The molecule has 0 aliphatic rings. The lowest BCUT2D eigenvalue weighted by Crippen LogP contribution is -2.21. The molecule has 8 nitrogen and oxygen atoms in total. The van der Waals surface area contributed by atoms with Gasteiger partial charge in [-0.05, 0) is 43.2 Å². The number of hydrogen-bond donors (Lipinski definition) is 1. The number of anilines is 1. The third kappa shape index (κ3) is 4.89. The van der Waals surface area contributed by atoms with E-state index in [9.17, 15) is 4.79 Å². The quantitative estimate of drug-likeness (QED) is 0.546. The van der Waals surface area contributed by atoms with Crippen LogP contribution in [0.1, 0.15) is 26.7 Å². The number of nitrogens with one attached hydrogen (secondary N) is 1. The fourth-order valence-corrected chi connectivity index (χ4v) is 2.91. The van der Waals surface area contributed by atoms with E-state index in [0.29, 0.717) is 39.7 Å². The van der Waals surface area contributed by atoms with Gasteiger partial charge in [-0.25, -0.2) is 14.8 Å². The molecule has 0 aliphatic heterocycles. The molecule has 0 fully saturated rings. The molecule has 2 aromatic carbocycles. The van der Waals surface area contributed by atoms with Gasteiger partial charge in [0, 0.05) is 11.8 Å². The Labute approximate surface area is 175 Å². The Morgan fingerprint density at radius 3 is 2.30 bits per heavy atom. The summed E-state index contributed by atoms with van der Waals surface area (Å²) in [7, 11) is 3.13. The second-order valence-electron chi connectivity index (χ2n) is 6.50. The summed E-state index contributed by atoms with van der Waals surface area (Å²) in [5, 5.41) is 3.40. The van der Waals surface area contributed by atoms with Gasteiger partial charge in [-0.3, -0.25) is 5.32 Å². The molecule has 158 valence electrons. The Morgan fingerprint density at radius 1 is 1.00 bits per heavy atom. The molecule has 0 saturated carbocycles. The number of aromatic nitrogens is 2. The van der Waals surface area contributed by atoms with Crippen molar-refractivity contribution in [1.29, 1.82) is 0 Å². The first kappa shape index (κ1) is 21.2. The summed E-state index contributed by atoms with van der Waals surface area (Å²) in [6.07, 6.45) is 2.42. The average molecular weight is 411 g/mol. The van der Waals surface area contributed by atoms with Crippen LogP contribution >= 0.6 is 0 Å². The van der Waals surface area contributed by atoms with Gasteiger partial charge in [0.25, 0.3) is 0 Å². The van der Waals surface area contributed by atoms with Gasteiger partial charge in [0.05, 0.1) is 25.1 Å². The highest BCUT2D eigenvalue weighted by Gasteiger charge is 2.13. The summed E-state index contributed by atoms with van der Waals surface area (Å²) >= 11 is 0. The van der Waals surface area contributed by atoms with Crippen molar-refractivity contribution in [1.82, 2.24) is 9.97 Å². The highest BCUT2D eigenvalue weighted by molar-refractivity contribution is 5.87. The summed E-state index contributed by atoms with van der Waals surface area (Å²) in [6, 6.07) is 10.5. The highest BCUT2D eigenvalue weighted by Crippen LogP contribution is 2.35. The van der Waals surface area contributed by atoms with E-state index in [0.717, 1.165) is 12.8 Å². The van der Waals surface area contributed by atoms with Crippen molar-refractivity contribution in [2.75, 3.05) is 19.5 Å². The minimum atomic E-state index is -0.472. The fraction of sp³-hybridized carbons (Fsp3) is 0.318. The van der Waals surface area contributed by atoms with Gasteiger partial charge < -0.3 is 18.9 Å². The van der Waals surface area contributed by atoms with Crippen molar-refractivity contribution in [3.05, 3.63) is 42.7 Å². The van der Waals surface area contributed by atoms with Crippen molar-refractivity contribution in [2.45, 2.75) is 32.8 Å². The van der Waals surface area contributed by atoms with Crippen molar-refractivity contribution in [3.8, 4) is 23.1 Å². The summed E-state index contributed by atoms with van der Waals surface area (Å²) in [5.74, 6) is 2.07. The normalized spacial score (nSPS) is 10.7. The second kappa shape index (κ2) is 9.78. The maximum atomic E-state index is 12.0. The molecule has 8 heteroatoms. The van der Waals surface area contributed by atoms with E-state index in [4.69, 9.17) is 18.9 Å². The predicted octanol–water partition coefficient (Wildman–Crippen LogP) is 5.18.